The van der Waals surface area contributed by atoms with Gasteiger partial charge in [-0.1, -0.05) is 13.8 Å². The largest absolute Gasteiger partial charge is 0.336 e. The number of nitrogens with two attached hydrogens (primary N) is 1. The normalized spacial score (nSPS) is 31.5. The van der Waals surface area contributed by atoms with Crippen molar-refractivity contribution in [3.8, 4) is 0 Å². The van der Waals surface area contributed by atoms with Crippen LogP contribution in [0.25, 0.3) is 0 Å². The van der Waals surface area contributed by atoms with Crippen LogP contribution in [-0.2, 0) is 7.05 Å². The molecule has 0 amide bonds. The maximum absolute atomic E-state index is 6.03. The Morgan fingerprint density at radius 3 is 2.72 bits per heavy atom. The standard InChI is InChI=1S/C14H26N4/c1-10-5-11(2)12(3)18(8-10)13(6-15)14-7-16-9-17(14)4/h7,9-13H,5-6,8,15H2,1-4H3. The third-order valence-electron chi connectivity index (χ3n) is 4.46. The molecule has 1 saturated heterocycles. The fourth-order valence-electron chi connectivity index (χ4n) is 3.28. The van der Waals surface area contributed by atoms with Crippen LogP contribution in [0.1, 0.15) is 38.9 Å². The van der Waals surface area contributed by atoms with Crippen LogP contribution in [-0.4, -0.2) is 33.6 Å². The topological polar surface area (TPSA) is 47.1 Å². The van der Waals surface area contributed by atoms with Gasteiger partial charge in [0.2, 0.25) is 0 Å². The van der Waals surface area contributed by atoms with E-state index in [0.717, 1.165) is 18.4 Å². The zero-order valence-electron chi connectivity index (χ0n) is 12.0. The lowest BCUT2D eigenvalue weighted by atomic mass is 9.84. The fourth-order valence-corrected chi connectivity index (χ4v) is 3.28. The molecule has 1 aliphatic heterocycles. The molecule has 2 rings (SSSR count). The molecule has 102 valence electrons. The van der Waals surface area contributed by atoms with Crippen LogP contribution in [0.3, 0.4) is 0 Å². The lowest BCUT2D eigenvalue weighted by Crippen LogP contribution is -2.49. The summed E-state index contributed by atoms with van der Waals surface area (Å²) in [5.41, 5.74) is 7.26. The second-order valence-corrected chi connectivity index (χ2v) is 5.94. The van der Waals surface area contributed by atoms with Gasteiger partial charge in [-0.2, -0.15) is 0 Å². The van der Waals surface area contributed by atoms with E-state index in [4.69, 9.17) is 5.73 Å². The Balaban J connectivity index is 2.24. The first-order valence-corrected chi connectivity index (χ1v) is 6.96. The molecule has 4 atom stereocenters. The SMILES string of the molecule is CC1CC(C)C(C)N(C(CN)c2cncn2C)C1. The molecule has 0 aromatic carbocycles. The number of aryl methyl sites for hydroxylation is 1. The number of nitrogens with zero attached hydrogens (tertiary/aromatic N) is 3. The van der Waals surface area contributed by atoms with Crippen molar-refractivity contribution < 1.29 is 0 Å². The van der Waals surface area contributed by atoms with Crippen LogP contribution in [0.2, 0.25) is 0 Å². The second-order valence-electron chi connectivity index (χ2n) is 5.94. The van der Waals surface area contributed by atoms with Crippen LogP contribution in [0.4, 0.5) is 0 Å². The molecule has 4 nitrogen and oxygen atoms in total. The van der Waals surface area contributed by atoms with Gasteiger partial charge in [-0.25, -0.2) is 4.98 Å². The van der Waals surface area contributed by atoms with Crippen LogP contribution in [0.15, 0.2) is 12.5 Å². The summed E-state index contributed by atoms with van der Waals surface area (Å²) in [5, 5.41) is 0. The summed E-state index contributed by atoms with van der Waals surface area (Å²) >= 11 is 0. The van der Waals surface area contributed by atoms with Gasteiger partial charge >= 0.3 is 0 Å². The molecule has 0 aliphatic carbocycles. The Hall–Kier alpha value is -0.870. The first-order valence-electron chi connectivity index (χ1n) is 6.96. The quantitative estimate of drug-likeness (QED) is 0.889. The Bertz CT molecular complexity index is 387. The highest BCUT2D eigenvalue weighted by atomic mass is 15.2. The average Bonchev–Trinajstić information content (AvgIpc) is 2.73. The van der Waals surface area contributed by atoms with Gasteiger partial charge in [0.05, 0.1) is 18.1 Å². The maximum atomic E-state index is 6.03. The first-order chi connectivity index (χ1) is 8.54. The van der Waals surface area contributed by atoms with Crippen LogP contribution in [0.5, 0.6) is 0 Å². The van der Waals surface area contributed by atoms with Crippen molar-refractivity contribution in [3.63, 3.8) is 0 Å². The molecule has 1 aromatic heterocycles. The second kappa shape index (κ2) is 5.41. The van der Waals surface area contributed by atoms with Crippen molar-refractivity contribution in [2.45, 2.75) is 39.3 Å². The van der Waals surface area contributed by atoms with Gasteiger partial charge in [0.1, 0.15) is 0 Å². The van der Waals surface area contributed by atoms with Gasteiger partial charge in [-0.3, -0.25) is 4.90 Å². The molecule has 0 saturated carbocycles. The van der Waals surface area contributed by atoms with Crippen molar-refractivity contribution in [2.24, 2.45) is 24.6 Å². The highest BCUT2D eigenvalue weighted by molar-refractivity contribution is 5.07. The van der Waals surface area contributed by atoms with Gasteiger partial charge in [0.25, 0.3) is 0 Å². The van der Waals surface area contributed by atoms with E-state index in [2.05, 4.69) is 35.2 Å². The molecule has 18 heavy (non-hydrogen) atoms. The molecule has 4 unspecified atom stereocenters. The monoisotopic (exact) mass is 250 g/mol. The number of aromatic nitrogens is 2. The van der Waals surface area contributed by atoms with E-state index in [0.29, 0.717) is 12.6 Å². The summed E-state index contributed by atoms with van der Waals surface area (Å²) in [6.45, 7) is 8.81. The Labute approximate surface area is 110 Å². The molecule has 2 heterocycles. The minimum absolute atomic E-state index is 0.290. The number of piperidine rings is 1. The van der Waals surface area contributed by atoms with Gasteiger partial charge < -0.3 is 10.3 Å². The van der Waals surface area contributed by atoms with E-state index < -0.39 is 0 Å². The summed E-state index contributed by atoms with van der Waals surface area (Å²) in [6.07, 6.45) is 5.13. The third kappa shape index (κ3) is 2.45. The van der Waals surface area contributed by atoms with E-state index >= 15 is 0 Å². The van der Waals surface area contributed by atoms with E-state index in [1.807, 2.05) is 19.6 Å². The van der Waals surface area contributed by atoms with Gasteiger partial charge in [-0.15, -0.1) is 0 Å². The fraction of sp³-hybridized carbons (Fsp3) is 0.786. The lowest BCUT2D eigenvalue weighted by Gasteiger charge is -2.45. The van der Waals surface area contributed by atoms with E-state index in [1.165, 1.54) is 12.1 Å². The third-order valence-corrected chi connectivity index (χ3v) is 4.46. The van der Waals surface area contributed by atoms with E-state index in [1.54, 1.807) is 0 Å². The highest BCUT2D eigenvalue weighted by Gasteiger charge is 2.34. The van der Waals surface area contributed by atoms with Crippen molar-refractivity contribution in [3.05, 3.63) is 18.2 Å². The van der Waals surface area contributed by atoms with Crippen molar-refractivity contribution in [1.29, 1.82) is 0 Å². The smallest absolute Gasteiger partial charge is 0.0946 e. The Morgan fingerprint density at radius 2 is 2.17 bits per heavy atom. The number of hydrogen-bond acceptors (Lipinski definition) is 3. The number of rotatable bonds is 3. The summed E-state index contributed by atoms with van der Waals surface area (Å²) in [6, 6.07) is 0.877. The van der Waals surface area contributed by atoms with Crippen LogP contribution in [0, 0.1) is 11.8 Å². The van der Waals surface area contributed by atoms with Gasteiger partial charge in [-0.05, 0) is 25.2 Å². The van der Waals surface area contributed by atoms with Crippen molar-refractivity contribution >= 4 is 0 Å². The maximum Gasteiger partial charge on any atom is 0.0946 e. The average molecular weight is 250 g/mol. The minimum atomic E-state index is 0.290. The van der Waals surface area contributed by atoms with Crippen molar-refractivity contribution in [2.75, 3.05) is 13.1 Å². The molecule has 1 aliphatic rings. The van der Waals surface area contributed by atoms with Crippen LogP contribution >= 0.6 is 0 Å². The lowest BCUT2D eigenvalue weighted by molar-refractivity contribution is 0.0399. The molecular formula is C14H26N4. The Kier molecular flexibility index (Phi) is 4.07. The van der Waals surface area contributed by atoms with E-state index in [9.17, 15) is 0 Å². The van der Waals surface area contributed by atoms with Crippen molar-refractivity contribution in [1.82, 2.24) is 14.5 Å². The number of imidazole rings is 1. The molecule has 2 N–H and O–H groups in total. The molecular weight excluding hydrogens is 224 g/mol. The van der Waals surface area contributed by atoms with Gasteiger partial charge in [0.15, 0.2) is 0 Å². The van der Waals surface area contributed by atoms with Crippen LogP contribution < -0.4 is 5.73 Å². The number of hydrogen-bond donors (Lipinski definition) is 1. The van der Waals surface area contributed by atoms with E-state index in [-0.39, 0.29) is 6.04 Å². The zero-order chi connectivity index (χ0) is 13.3. The summed E-state index contributed by atoms with van der Waals surface area (Å²) in [4.78, 5) is 6.79. The summed E-state index contributed by atoms with van der Waals surface area (Å²) < 4.78 is 2.09. The molecule has 0 radical (unpaired) electrons. The number of likely N-dealkylation sites (tertiary alicyclic amines) is 1. The predicted octanol–water partition coefficient (Wildman–Crippen LogP) is 1.79. The molecule has 4 heteroatoms. The minimum Gasteiger partial charge on any atom is -0.336 e. The zero-order valence-corrected chi connectivity index (χ0v) is 12.0. The summed E-state index contributed by atoms with van der Waals surface area (Å²) in [7, 11) is 2.05. The Morgan fingerprint density at radius 1 is 1.44 bits per heavy atom. The summed E-state index contributed by atoms with van der Waals surface area (Å²) in [5.74, 6) is 1.48. The molecule has 0 spiro atoms. The predicted molar refractivity (Wildman–Crippen MR) is 74.1 cm³/mol. The molecule has 1 aromatic rings. The molecule has 0 bridgehead atoms. The van der Waals surface area contributed by atoms with Gasteiger partial charge in [0, 0.05) is 32.4 Å². The first kappa shape index (κ1) is 13.6. The molecule has 1 fully saturated rings. The highest BCUT2D eigenvalue weighted by Crippen LogP contribution is 2.33.